The van der Waals surface area contributed by atoms with E-state index < -0.39 is 10.0 Å². The van der Waals surface area contributed by atoms with E-state index in [1.165, 1.54) is 16.1 Å². The molecule has 0 heterocycles. The summed E-state index contributed by atoms with van der Waals surface area (Å²) in [6.07, 6.45) is 1.96. The molecule has 0 spiro atoms. The summed E-state index contributed by atoms with van der Waals surface area (Å²) in [5.41, 5.74) is 1.17. The Bertz CT molecular complexity index is 656. The van der Waals surface area contributed by atoms with E-state index in [-0.39, 0.29) is 24.0 Å². The highest BCUT2D eigenvalue weighted by Gasteiger charge is 2.13. The summed E-state index contributed by atoms with van der Waals surface area (Å²) >= 11 is 0. The highest BCUT2D eigenvalue weighted by Crippen LogP contribution is 2.03. The van der Waals surface area contributed by atoms with Gasteiger partial charge in [0.15, 0.2) is 5.96 Å². The molecule has 0 saturated carbocycles. The normalized spacial score (nSPS) is 13.1. The molecule has 0 bridgehead atoms. The monoisotopic (exact) mass is 526 g/mol. The molecule has 0 radical (unpaired) electrons. The molecule has 0 amide bonds. The second-order valence-corrected chi connectivity index (χ2v) is 8.58. The van der Waals surface area contributed by atoms with Gasteiger partial charge >= 0.3 is 0 Å². The Balaban J connectivity index is 0.00000729. The van der Waals surface area contributed by atoms with E-state index in [1.807, 2.05) is 25.1 Å². The van der Waals surface area contributed by atoms with Gasteiger partial charge in [0.25, 0.3) is 0 Å². The maximum atomic E-state index is 11.6. The van der Waals surface area contributed by atoms with Crippen LogP contribution < -0.4 is 10.6 Å². The molecule has 1 aromatic carbocycles. The molecule has 28 heavy (non-hydrogen) atoms. The number of aliphatic imine (C=N–C) groups is 1. The number of hydrogen-bond acceptors (Lipinski definition) is 4. The van der Waals surface area contributed by atoms with Crippen molar-refractivity contribution in [3.05, 3.63) is 35.9 Å². The van der Waals surface area contributed by atoms with Crippen LogP contribution in [0.4, 0.5) is 0 Å². The molecule has 0 aliphatic heterocycles. The molecule has 1 unspecified atom stereocenters. The van der Waals surface area contributed by atoms with Crippen LogP contribution in [0.25, 0.3) is 0 Å². The van der Waals surface area contributed by atoms with Crippen molar-refractivity contribution < 1.29 is 13.2 Å². The summed E-state index contributed by atoms with van der Waals surface area (Å²) in [6, 6.07) is 10.1. The highest BCUT2D eigenvalue weighted by atomic mass is 127. The van der Waals surface area contributed by atoms with Gasteiger partial charge in [-0.2, -0.15) is 0 Å². The number of hydrogen-bond donors (Lipinski definition) is 2. The Hall–Kier alpha value is -0.910. The van der Waals surface area contributed by atoms with Gasteiger partial charge in [0, 0.05) is 33.2 Å². The van der Waals surface area contributed by atoms with Crippen molar-refractivity contribution in [2.75, 3.05) is 46.1 Å². The van der Waals surface area contributed by atoms with Crippen molar-refractivity contribution in [2.45, 2.75) is 26.9 Å². The van der Waals surface area contributed by atoms with Crippen LogP contribution in [0.15, 0.2) is 35.3 Å². The SMILES string of the molecule is CCN(CCCNC(=NC)NCC(C)COCc1ccccc1)S(C)(=O)=O.I. The van der Waals surface area contributed by atoms with Gasteiger partial charge in [0.05, 0.1) is 19.5 Å². The smallest absolute Gasteiger partial charge is 0.211 e. The Morgan fingerprint density at radius 1 is 1.25 bits per heavy atom. The molecule has 0 fully saturated rings. The molecule has 0 aliphatic rings. The number of rotatable bonds is 12. The maximum absolute atomic E-state index is 11.6. The first-order chi connectivity index (χ1) is 12.9. The number of benzene rings is 1. The number of ether oxygens (including phenoxy) is 1. The van der Waals surface area contributed by atoms with Crippen molar-refractivity contribution in [2.24, 2.45) is 10.9 Å². The number of nitrogens with zero attached hydrogens (tertiary/aromatic N) is 2. The maximum Gasteiger partial charge on any atom is 0.211 e. The third kappa shape index (κ3) is 11.8. The van der Waals surface area contributed by atoms with Crippen molar-refractivity contribution in [3.8, 4) is 0 Å². The molecule has 2 N–H and O–H groups in total. The minimum absolute atomic E-state index is 0. The van der Waals surface area contributed by atoms with Crippen molar-refractivity contribution >= 4 is 40.0 Å². The van der Waals surface area contributed by atoms with Crippen LogP contribution in [0.3, 0.4) is 0 Å². The third-order valence-corrected chi connectivity index (χ3v) is 5.43. The van der Waals surface area contributed by atoms with E-state index in [1.54, 1.807) is 7.05 Å². The summed E-state index contributed by atoms with van der Waals surface area (Å²) in [5.74, 6) is 1.06. The molecule has 0 saturated heterocycles. The average Bonchev–Trinajstić information content (AvgIpc) is 2.64. The fourth-order valence-electron chi connectivity index (χ4n) is 2.52. The standard InChI is InChI=1S/C19H34N4O3S.HI/c1-5-23(27(4,24)25)13-9-12-21-19(20-3)22-14-17(2)15-26-16-18-10-7-6-8-11-18;/h6-8,10-11,17H,5,9,12-16H2,1-4H3,(H2,20,21,22);1H. The molecule has 9 heteroatoms. The van der Waals surface area contributed by atoms with E-state index >= 15 is 0 Å². The minimum Gasteiger partial charge on any atom is -0.376 e. The van der Waals surface area contributed by atoms with Crippen LogP contribution in [0, 0.1) is 5.92 Å². The predicted molar refractivity (Wildman–Crippen MR) is 127 cm³/mol. The van der Waals surface area contributed by atoms with Crippen LogP contribution in [0.2, 0.25) is 0 Å². The van der Waals surface area contributed by atoms with Gasteiger partial charge < -0.3 is 15.4 Å². The van der Waals surface area contributed by atoms with Crippen LogP contribution in [-0.2, 0) is 21.4 Å². The zero-order chi connectivity index (χ0) is 20.1. The molecule has 1 aromatic rings. The minimum atomic E-state index is -3.13. The van der Waals surface area contributed by atoms with Gasteiger partial charge in [-0.05, 0) is 17.9 Å². The molecule has 1 rings (SSSR count). The van der Waals surface area contributed by atoms with Crippen molar-refractivity contribution in [1.82, 2.24) is 14.9 Å². The fraction of sp³-hybridized carbons (Fsp3) is 0.632. The summed E-state index contributed by atoms with van der Waals surface area (Å²) in [5, 5.41) is 6.49. The number of guanidine groups is 1. The third-order valence-electron chi connectivity index (χ3n) is 4.05. The van der Waals surface area contributed by atoms with E-state index in [0.717, 1.165) is 13.0 Å². The topological polar surface area (TPSA) is 83.0 Å². The largest absolute Gasteiger partial charge is 0.376 e. The van der Waals surface area contributed by atoms with Crippen LogP contribution in [0.5, 0.6) is 0 Å². The van der Waals surface area contributed by atoms with Gasteiger partial charge in [-0.15, -0.1) is 24.0 Å². The highest BCUT2D eigenvalue weighted by molar-refractivity contribution is 14.0. The van der Waals surface area contributed by atoms with E-state index in [0.29, 0.717) is 44.7 Å². The summed E-state index contributed by atoms with van der Waals surface area (Å²) < 4.78 is 30.3. The molecule has 0 aliphatic carbocycles. The predicted octanol–water partition coefficient (Wildman–Crippen LogP) is 2.29. The average molecular weight is 526 g/mol. The van der Waals surface area contributed by atoms with E-state index in [4.69, 9.17) is 4.74 Å². The lowest BCUT2D eigenvalue weighted by molar-refractivity contribution is 0.0931. The van der Waals surface area contributed by atoms with Gasteiger partial charge in [-0.25, -0.2) is 12.7 Å². The molecule has 1 atom stereocenters. The zero-order valence-corrected chi connectivity index (χ0v) is 20.5. The second-order valence-electron chi connectivity index (χ2n) is 6.59. The molecule has 162 valence electrons. The zero-order valence-electron chi connectivity index (χ0n) is 17.3. The van der Waals surface area contributed by atoms with Crippen LogP contribution >= 0.6 is 24.0 Å². The van der Waals surface area contributed by atoms with Gasteiger partial charge in [0.2, 0.25) is 10.0 Å². The lowest BCUT2D eigenvalue weighted by Crippen LogP contribution is -2.41. The Morgan fingerprint density at radius 3 is 2.50 bits per heavy atom. The quantitative estimate of drug-likeness (QED) is 0.189. The first-order valence-electron chi connectivity index (χ1n) is 9.38. The number of nitrogens with one attached hydrogen (secondary N) is 2. The molecule has 0 aromatic heterocycles. The first kappa shape index (κ1) is 27.1. The van der Waals surface area contributed by atoms with Crippen molar-refractivity contribution in [3.63, 3.8) is 0 Å². The summed E-state index contributed by atoms with van der Waals surface area (Å²) in [4.78, 5) is 4.20. The Labute approximate surface area is 187 Å². The summed E-state index contributed by atoms with van der Waals surface area (Å²) in [7, 11) is -1.40. The molecular weight excluding hydrogens is 491 g/mol. The fourth-order valence-corrected chi connectivity index (χ4v) is 3.45. The molecule has 7 nitrogen and oxygen atoms in total. The van der Waals surface area contributed by atoms with Gasteiger partial charge in [0.1, 0.15) is 0 Å². The Kier molecular flexibility index (Phi) is 14.5. The Morgan fingerprint density at radius 2 is 1.93 bits per heavy atom. The second kappa shape index (κ2) is 15.0. The number of sulfonamides is 1. The van der Waals surface area contributed by atoms with Crippen LogP contribution in [0.1, 0.15) is 25.8 Å². The summed E-state index contributed by atoms with van der Waals surface area (Å²) in [6.45, 7) is 7.65. The van der Waals surface area contributed by atoms with Gasteiger partial charge in [-0.3, -0.25) is 4.99 Å². The number of halogens is 1. The lowest BCUT2D eigenvalue weighted by Gasteiger charge is -2.19. The first-order valence-corrected chi connectivity index (χ1v) is 11.2. The molecular formula is C19H35IN4O3S. The van der Waals surface area contributed by atoms with Gasteiger partial charge in [-0.1, -0.05) is 44.2 Å². The lowest BCUT2D eigenvalue weighted by atomic mass is 10.2. The van der Waals surface area contributed by atoms with E-state index in [2.05, 4.69) is 34.7 Å². The van der Waals surface area contributed by atoms with Crippen LogP contribution in [-0.4, -0.2) is 64.8 Å². The van der Waals surface area contributed by atoms with E-state index in [9.17, 15) is 8.42 Å². The van der Waals surface area contributed by atoms with Crippen molar-refractivity contribution in [1.29, 1.82) is 0 Å².